The van der Waals surface area contributed by atoms with Crippen LogP contribution in [0.2, 0.25) is 0 Å². The highest BCUT2D eigenvalue weighted by Crippen LogP contribution is 2.35. The van der Waals surface area contributed by atoms with E-state index >= 15 is 0 Å². The Balaban J connectivity index is 1.82. The maximum atomic E-state index is 12.3. The number of fused-ring (bicyclic) bond motifs is 1. The van der Waals surface area contributed by atoms with Crippen LogP contribution < -0.4 is 5.32 Å². The molecular formula is C17H17N2O5. The van der Waals surface area contributed by atoms with Crippen LogP contribution in [0.4, 0.5) is 15.3 Å². The molecule has 1 aromatic carbocycles. The summed E-state index contributed by atoms with van der Waals surface area (Å²) in [5.41, 5.74) is 1.63. The summed E-state index contributed by atoms with van der Waals surface area (Å²) in [7, 11) is 0. The molecule has 0 N–H and O–H groups in total. The van der Waals surface area contributed by atoms with E-state index in [-0.39, 0.29) is 6.42 Å². The third-order valence-electron chi connectivity index (χ3n) is 3.58. The minimum Gasteiger partial charge on any atom is -0.443 e. The predicted molar refractivity (Wildman–Crippen MR) is 84.2 cm³/mol. The van der Waals surface area contributed by atoms with Crippen LogP contribution in [-0.2, 0) is 14.3 Å². The number of amides is 2. The number of carbonyl (C=O) groups excluding carboxylic acids is 3. The number of para-hydroxylation sites is 1. The zero-order valence-electron chi connectivity index (χ0n) is 13.6. The molecule has 2 aliphatic heterocycles. The molecule has 1 aromatic rings. The van der Waals surface area contributed by atoms with Gasteiger partial charge in [-0.2, -0.15) is 4.90 Å². The number of nitrogens with zero attached hydrogens (tertiary/aromatic N) is 2. The molecule has 1 atom stereocenters. The molecule has 2 aliphatic rings. The molecule has 1 radical (unpaired) electrons. The molecule has 0 saturated carbocycles. The minimum atomic E-state index is -1.06. The number of esters is 1. The van der Waals surface area contributed by atoms with Crippen molar-refractivity contribution in [3.63, 3.8) is 0 Å². The van der Waals surface area contributed by atoms with Crippen LogP contribution in [0.15, 0.2) is 30.5 Å². The fourth-order valence-corrected chi connectivity index (χ4v) is 2.57. The molecule has 7 heteroatoms. The third kappa shape index (κ3) is 2.97. The van der Waals surface area contributed by atoms with Gasteiger partial charge in [0, 0.05) is 18.2 Å². The first-order valence-electron chi connectivity index (χ1n) is 7.53. The van der Waals surface area contributed by atoms with Crippen LogP contribution in [-0.4, -0.2) is 34.7 Å². The van der Waals surface area contributed by atoms with Crippen LogP contribution in [0.5, 0.6) is 0 Å². The Morgan fingerprint density at radius 1 is 1.29 bits per heavy atom. The van der Waals surface area contributed by atoms with Gasteiger partial charge < -0.3 is 9.47 Å². The second-order valence-corrected chi connectivity index (χ2v) is 6.56. The molecule has 2 heterocycles. The number of benzene rings is 1. The molecule has 2 amide bonds. The maximum absolute atomic E-state index is 12.3. The Hall–Kier alpha value is -2.83. The van der Waals surface area contributed by atoms with Crippen LogP contribution in [0.25, 0.3) is 5.57 Å². The molecule has 7 nitrogen and oxygen atoms in total. The van der Waals surface area contributed by atoms with Gasteiger partial charge in [0.2, 0.25) is 0 Å². The first-order chi connectivity index (χ1) is 11.3. The van der Waals surface area contributed by atoms with Gasteiger partial charge in [-0.25, -0.2) is 14.4 Å². The zero-order chi connectivity index (χ0) is 17.5. The summed E-state index contributed by atoms with van der Waals surface area (Å²) >= 11 is 0. The molecule has 24 heavy (non-hydrogen) atoms. The van der Waals surface area contributed by atoms with Gasteiger partial charge in [0.25, 0.3) is 0 Å². The van der Waals surface area contributed by atoms with E-state index in [2.05, 4.69) is 10.1 Å². The standard InChI is InChI=1S/C17H17N2O5/c1-17(2,3)24-16(22)19-13(14(20)23-15(19)21)8-10-9-18-12-7-5-4-6-11(10)12/h4-7,9,13H,8H2,1-3H3. The molecule has 1 saturated heterocycles. The molecule has 3 rings (SSSR count). The molecule has 0 bridgehead atoms. The molecule has 125 valence electrons. The highest BCUT2D eigenvalue weighted by atomic mass is 16.6. The molecule has 0 aromatic heterocycles. The van der Waals surface area contributed by atoms with Gasteiger partial charge in [-0.3, -0.25) is 5.32 Å². The van der Waals surface area contributed by atoms with E-state index in [0.717, 1.165) is 21.7 Å². The monoisotopic (exact) mass is 329 g/mol. The Morgan fingerprint density at radius 3 is 2.71 bits per heavy atom. The summed E-state index contributed by atoms with van der Waals surface area (Å²) in [6.07, 6.45) is -0.145. The van der Waals surface area contributed by atoms with Crippen LogP contribution in [0, 0.1) is 0 Å². The van der Waals surface area contributed by atoms with E-state index in [0.29, 0.717) is 0 Å². The minimum absolute atomic E-state index is 0.129. The molecule has 1 fully saturated rings. The molecule has 0 aliphatic carbocycles. The number of carbonyl (C=O) groups is 3. The highest BCUT2D eigenvalue weighted by molar-refractivity contribution is 6.04. The first-order valence-corrected chi connectivity index (χ1v) is 7.53. The van der Waals surface area contributed by atoms with Crippen molar-refractivity contribution in [3.8, 4) is 0 Å². The molecular weight excluding hydrogens is 312 g/mol. The van der Waals surface area contributed by atoms with Gasteiger partial charge in [0.05, 0.1) is 5.69 Å². The first kappa shape index (κ1) is 16.0. The number of ether oxygens (including phenoxy) is 2. The van der Waals surface area contributed by atoms with Crippen molar-refractivity contribution in [1.82, 2.24) is 10.2 Å². The lowest BCUT2D eigenvalue weighted by molar-refractivity contribution is -0.135. The zero-order valence-corrected chi connectivity index (χ0v) is 13.6. The van der Waals surface area contributed by atoms with Crippen molar-refractivity contribution >= 4 is 29.4 Å². The number of rotatable bonds is 2. The van der Waals surface area contributed by atoms with Crippen LogP contribution in [0.1, 0.15) is 32.8 Å². The summed E-state index contributed by atoms with van der Waals surface area (Å²) in [6, 6.07) is 6.39. The lowest BCUT2D eigenvalue weighted by atomic mass is 10.00. The normalized spacial score (nSPS) is 19.5. The summed E-state index contributed by atoms with van der Waals surface area (Å²) < 4.78 is 9.81. The van der Waals surface area contributed by atoms with Crippen molar-refractivity contribution in [2.24, 2.45) is 0 Å². The summed E-state index contributed by atoms with van der Waals surface area (Å²) in [5.74, 6) is -0.767. The smallest absolute Gasteiger partial charge is 0.427 e. The fourth-order valence-electron chi connectivity index (χ4n) is 2.57. The highest BCUT2D eigenvalue weighted by Gasteiger charge is 2.47. The Labute approximate surface area is 139 Å². The van der Waals surface area contributed by atoms with E-state index in [4.69, 9.17) is 4.74 Å². The topological polar surface area (TPSA) is 87.0 Å². The average molecular weight is 329 g/mol. The lowest BCUT2D eigenvalue weighted by Crippen LogP contribution is -2.43. The van der Waals surface area contributed by atoms with E-state index in [1.165, 1.54) is 0 Å². The number of hydrogen-bond acceptors (Lipinski definition) is 5. The van der Waals surface area contributed by atoms with Gasteiger partial charge in [0.1, 0.15) is 11.6 Å². The Kier molecular flexibility index (Phi) is 3.79. The number of cyclic esters (lactones) is 2. The van der Waals surface area contributed by atoms with Crippen molar-refractivity contribution in [3.05, 3.63) is 36.0 Å². The predicted octanol–water partition coefficient (Wildman–Crippen LogP) is 2.95. The van der Waals surface area contributed by atoms with Gasteiger partial charge >= 0.3 is 18.2 Å². The third-order valence-corrected chi connectivity index (χ3v) is 3.58. The molecule has 0 spiro atoms. The molecule has 1 unspecified atom stereocenters. The van der Waals surface area contributed by atoms with Crippen molar-refractivity contribution in [2.45, 2.75) is 38.8 Å². The quantitative estimate of drug-likeness (QED) is 0.615. The average Bonchev–Trinajstić information content (AvgIpc) is 2.99. The lowest BCUT2D eigenvalue weighted by Gasteiger charge is -2.24. The van der Waals surface area contributed by atoms with Gasteiger partial charge in [-0.05, 0) is 32.4 Å². The largest absolute Gasteiger partial charge is 0.443 e. The Bertz CT molecular complexity index is 748. The SMILES string of the molecule is CC(C)(C)OC(=O)N1C(=O)OC(=O)C1CC1=C[N]c2ccccc21. The summed E-state index contributed by atoms with van der Waals surface area (Å²) in [6.45, 7) is 5.03. The second-order valence-electron chi connectivity index (χ2n) is 6.56. The maximum Gasteiger partial charge on any atom is 0.427 e. The van der Waals surface area contributed by atoms with E-state index in [1.54, 1.807) is 27.0 Å². The number of hydrogen-bond donors (Lipinski definition) is 0. The van der Waals surface area contributed by atoms with Crippen molar-refractivity contribution in [2.75, 3.05) is 0 Å². The van der Waals surface area contributed by atoms with E-state index in [9.17, 15) is 14.4 Å². The van der Waals surface area contributed by atoms with E-state index in [1.807, 2.05) is 24.3 Å². The van der Waals surface area contributed by atoms with Crippen molar-refractivity contribution in [1.29, 1.82) is 0 Å². The van der Waals surface area contributed by atoms with Gasteiger partial charge in [-0.15, -0.1) is 0 Å². The van der Waals surface area contributed by atoms with Crippen molar-refractivity contribution < 1.29 is 23.9 Å². The number of imide groups is 1. The van der Waals surface area contributed by atoms with E-state index < -0.39 is 29.8 Å². The van der Waals surface area contributed by atoms with Gasteiger partial charge in [0.15, 0.2) is 0 Å². The van der Waals surface area contributed by atoms with Gasteiger partial charge in [-0.1, -0.05) is 18.2 Å². The second kappa shape index (κ2) is 5.67. The fraction of sp³-hybridized carbons (Fsp3) is 0.353. The van der Waals surface area contributed by atoms with Crippen LogP contribution in [0.3, 0.4) is 0 Å². The Morgan fingerprint density at radius 2 is 2.00 bits per heavy atom. The van der Waals surface area contributed by atoms with Crippen LogP contribution >= 0.6 is 0 Å². The summed E-state index contributed by atoms with van der Waals surface area (Å²) in [5, 5.41) is 4.26. The summed E-state index contributed by atoms with van der Waals surface area (Å²) in [4.78, 5) is 36.9.